The minimum absolute atomic E-state index is 0.781. The van der Waals surface area contributed by atoms with Gasteiger partial charge in [0.2, 0.25) is 0 Å². The van der Waals surface area contributed by atoms with Crippen LogP contribution in [0, 0.1) is 0 Å². The van der Waals surface area contributed by atoms with Gasteiger partial charge < -0.3 is 0 Å². The van der Waals surface area contributed by atoms with E-state index < -0.39 is 7.26 Å². The molecule has 1 heteroatoms. The van der Waals surface area contributed by atoms with Gasteiger partial charge in [0.05, 0.1) is 25.8 Å². The maximum atomic E-state index is 2.53. The Morgan fingerprint density at radius 3 is 2.12 bits per heavy atom. The maximum Gasteiger partial charge on any atom is 0.0611 e. The molecule has 0 saturated heterocycles. The van der Waals surface area contributed by atoms with E-state index in [-0.39, 0.29) is 0 Å². The number of hydrogen-bond acceptors (Lipinski definition) is 0. The van der Waals surface area contributed by atoms with Crippen molar-refractivity contribution >= 4 is 7.26 Å². The molecule has 0 fully saturated rings. The summed E-state index contributed by atoms with van der Waals surface area (Å²) in [7, 11) is -0.781. The van der Waals surface area contributed by atoms with Crippen molar-refractivity contribution in [1.82, 2.24) is 0 Å². The van der Waals surface area contributed by atoms with Gasteiger partial charge in [0.15, 0.2) is 0 Å². The molecule has 0 N–H and O–H groups in total. The molecule has 0 unspecified atom stereocenters. The lowest BCUT2D eigenvalue weighted by Gasteiger charge is -2.08. The first-order valence-corrected chi connectivity index (χ1v) is 9.89. The topological polar surface area (TPSA) is 0 Å². The summed E-state index contributed by atoms with van der Waals surface area (Å²) in [6, 6.07) is 0. The Balaban J connectivity index is 4.31. The Bertz CT molecular complexity index is 218. The standard InChI is InChI=1S/C15H30P/c1-6-8-10-11-13-15(12-9-7-2)14-16(3,4)5/h11,13-14H,6-10,12H2,1-5H3/q+1/b13-11+,15-14-. The van der Waals surface area contributed by atoms with Gasteiger partial charge in [-0.25, -0.2) is 0 Å². The van der Waals surface area contributed by atoms with E-state index in [9.17, 15) is 0 Å². The minimum Gasteiger partial charge on any atom is -0.0841 e. The molecule has 0 radical (unpaired) electrons. The fraction of sp³-hybridized carbons (Fsp3) is 0.733. The van der Waals surface area contributed by atoms with E-state index in [1.54, 1.807) is 5.57 Å². The smallest absolute Gasteiger partial charge is 0.0611 e. The molecule has 0 aliphatic rings. The maximum absolute atomic E-state index is 2.53. The summed E-state index contributed by atoms with van der Waals surface area (Å²) in [6.07, 6.45) is 12.5. The van der Waals surface area contributed by atoms with E-state index >= 15 is 0 Å². The van der Waals surface area contributed by atoms with Crippen LogP contribution in [0.5, 0.6) is 0 Å². The highest BCUT2D eigenvalue weighted by Crippen LogP contribution is 2.49. The lowest BCUT2D eigenvalue weighted by atomic mass is 10.1. The van der Waals surface area contributed by atoms with E-state index in [4.69, 9.17) is 0 Å². The number of allylic oxidation sites excluding steroid dienone is 3. The van der Waals surface area contributed by atoms with Gasteiger partial charge in [0.25, 0.3) is 0 Å². The fourth-order valence-electron chi connectivity index (χ4n) is 1.63. The largest absolute Gasteiger partial charge is 0.0841 e. The Morgan fingerprint density at radius 2 is 1.62 bits per heavy atom. The monoisotopic (exact) mass is 241 g/mol. The van der Waals surface area contributed by atoms with Crippen LogP contribution in [0.15, 0.2) is 23.5 Å². The van der Waals surface area contributed by atoms with Crippen LogP contribution < -0.4 is 0 Å². The Morgan fingerprint density at radius 1 is 1.00 bits per heavy atom. The van der Waals surface area contributed by atoms with Crippen LogP contribution >= 0.6 is 7.26 Å². The lowest BCUT2D eigenvalue weighted by Crippen LogP contribution is -1.85. The molecule has 0 nitrogen and oxygen atoms in total. The number of unbranched alkanes of at least 4 members (excludes halogenated alkanes) is 3. The molecule has 16 heavy (non-hydrogen) atoms. The van der Waals surface area contributed by atoms with Crippen LogP contribution in [-0.2, 0) is 0 Å². The first kappa shape index (κ1) is 15.9. The van der Waals surface area contributed by atoms with E-state index in [1.165, 1.54) is 38.5 Å². The van der Waals surface area contributed by atoms with Crippen LogP contribution in [0.1, 0.15) is 52.4 Å². The quantitative estimate of drug-likeness (QED) is 0.290. The SMILES string of the molecule is CCCC/C=C/C(=C\[P+](C)(C)C)CCCC. The third kappa shape index (κ3) is 10.4. The highest BCUT2D eigenvalue weighted by atomic mass is 31.2. The number of rotatable bonds is 8. The molecule has 0 amide bonds. The summed E-state index contributed by atoms with van der Waals surface area (Å²) in [4.78, 5) is 0. The molecule has 0 aromatic rings. The second kappa shape index (κ2) is 8.99. The summed E-state index contributed by atoms with van der Waals surface area (Å²) < 4.78 is 0. The summed E-state index contributed by atoms with van der Waals surface area (Å²) in [6.45, 7) is 11.7. The Kier molecular flexibility index (Phi) is 8.94. The highest BCUT2D eigenvalue weighted by Gasteiger charge is 2.13. The molecule has 0 aromatic carbocycles. The summed E-state index contributed by atoms with van der Waals surface area (Å²) in [5.41, 5.74) is 1.57. The molecular formula is C15H30P+. The summed E-state index contributed by atoms with van der Waals surface area (Å²) in [5.74, 6) is 2.53. The highest BCUT2D eigenvalue weighted by molar-refractivity contribution is 7.76. The van der Waals surface area contributed by atoms with Gasteiger partial charge in [-0.2, -0.15) is 0 Å². The van der Waals surface area contributed by atoms with E-state index in [0.29, 0.717) is 0 Å². The number of hydrogen-bond donors (Lipinski definition) is 0. The van der Waals surface area contributed by atoms with E-state index in [0.717, 1.165) is 0 Å². The molecular weight excluding hydrogens is 211 g/mol. The molecule has 0 rings (SSSR count). The molecule has 0 bridgehead atoms. The van der Waals surface area contributed by atoms with Crippen LogP contribution in [0.4, 0.5) is 0 Å². The zero-order valence-electron chi connectivity index (χ0n) is 11.9. The van der Waals surface area contributed by atoms with Gasteiger partial charge in [0, 0.05) is 7.26 Å². The summed E-state index contributed by atoms with van der Waals surface area (Å²) in [5, 5.41) is 0. The van der Waals surface area contributed by atoms with Gasteiger partial charge in [-0.1, -0.05) is 45.3 Å². The average molecular weight is 241 g/mol. The first-order valence-electron chi connectivity index (χ1n) is 6.69. The molecule has 0 saturated carbocycles. The minimum atomic E-state index is -0.781. The second-order valence-electron chi connectivity index (χ2n) is 5.47. The predicted octanol–water partition coefficient (Wildman–Crippen LogP) is 5.71. The molecule has 94 valence electrons. The van der Waals surface area contributed by atoms with Gasteiger partial charge in [0.1, 0.15) is 0 Å². The van der Waals surface area contributed by atoms with Gasteiger partial charge in [-0.15, -0.1) is 0 Å². The van der Waals surface area contributed by atoms with Crippen LogP contribution in [0.3, 0.4) is 0 Å². The molecule has 0 spiro atoms. The molecule has 0 heterocycles. The third-order valence-corrected chi connectivity index (χ3v) is 3.53. The fourth-order valence-corrected chi connectivity index (χ4v) is 2.84. The van der Waals surface area contributed by atoms with Crippen molar-refractivity contribution in [3.8, 4) is 0 Å². The van der Waals surface area contributed by atoms with E-state index in [1.807, 2.05) is 0 Å². The van der Waals surface area contributed by atoms with Crippen molar-refractivity contribution in [2.45, 2.75) is 52.4 Å². The average Bonchev–Trinajstić information content (AvgIpc) is 2.18. The normalized spacial score (nSPS) is 13.7. The van der Waals surface area contributed by atoms with Crippen molar-refractivity contribution in [2.75, 3.05) is 20.0 Å². The molecule has 0 aromatic heterocycles. The lowest BCUT2D eigenvalue weighted by molar-refractivity contribution is 0.793. The molecule has 0 aliphatic carbocycles. The Labute approximate surface area is 104 Å². The summed E-state index contributed by atoms with van der Waals surface area (Å²) >= 11 is 0. The third-order valence-electron chi connectivity index (χ3n) is 2.43. The van der Waals surface area contributed by atoms with Crippen LogP contribution in [0.25, 0.3) is 0 Å². The van der Waals surface area contributed by atoms with E-state index in [2.05, 4.69) is 51.8 Å². The van der Waals surface area contributed by atoms with Crippen molar-refractivity contribution in [1.29, 1.82) is 0 Å². The zero-order chi connectivity index (χ0) is 12.4. The predicted molar refractivity (Wildman–Crippen MR) is 81.0 cm³/mol. The van der Waals surface area contributed by atoms with Gasteiger partial charge in [-0.3, -0.25) is 0 Å². The van der Waals surface area contributed by atoms with Crippen molar-refractivity contribution in [3.05, 3.63) is 23.5 Å². The van der Waals surface area contributed by atoms with Gasteiger partial charge >= 0.3 is 0 Å². The first-order chi connectivity index (χ1) is 7.49. The zero-order valence-corrected chi connectivity index (χ0v) is 12.8. The molecule has 0 atom stereocenters. The van der Waals surface area contributed by atoms with Crippen molar-refractivity contribution in [3.63, 3.8) is 0 Å². The molecule has 0 aliphatic heterocycles. The van der Waals surface area contributed by atoms with Crippen LogP contribution in [0.2, 0.25) is 0 Å². The van der Waals surface area contributed by atoms with Gasteiger partial charge in [-0.05, 0) is 24.8 Å². The van der Waals surface area contributed by atoms with Crippen LogP contribution in [-0.4, -0.2) is 20.0 Å². The van der Waals surface area contributed by atoms with Crippen molar-refractivity contribution < 1.29 is 0 Å². The Hall–Kier alpha value is -0.0900. The second-order valence-corrected chi connectivity index (χ2v) is 9.96. The van der Waals surface area contributed by atoms with Crippen molar-refractivity contribution in [2.24, 2.45) is 0 Å².